The summed E-state index contributed by atoms with van der Waals surface area (Å²) in [6, 6.07) is 5.41. The maximum Gasteiger partial charge on any atom is 0.413 e. The lowest BCUT2D eigenvalue weighted by Gasteiger charge is -2.22. The van der Waals surface area contributed by atoms with Crippen molar-refractivity contribution in [1.29, 1.82) is 0 Å². The molecular formula is C17H22N4O4S. The van der Waals surface area contributed by atoms with Crippen molar-refractivity contribution in [2.75, 3.05) is 36.1 Å². The highest BCUT2D eigenvalue weighted by molar-refractivity contribution is 8.00. The van der Waals surface area contributed by atoms with Gasteiger partial charge in [-0.2, -0.15) is 0 Å². The summed E-state index contributed by atoms with van der Waals surface area (Å²) < 4.78 is 4.73. The zero-order chi connectivity index (χ0) is 18.5. The lowest BCUT2D eigenvalue weighted by atomic mass is 10.1. The van der Waals surface area contributed by atoms with Gasteiger partial charge >= 0.3 is 6.09 Å². The molecule has 2 atom stereocenters. The third-order valence-electron chi connectivity index (χ3n) is 4.24. The van der Waals surface area contributed by atoms with Crippen LogP contribution >= 0.6 is 11.8 Å². The first-order valence-electron chi connectivity index (χ1n) is 8.60. The monoisotopic (exact) mass is 378 g/mol. The number of thioether (sulfide) groups is 1. The topological polar surface area (TPSA) is 109 Å². The molecule has 2 aliphatic heterocycles. The fourth-order valence-electron chi connectivity index (χ4n) is 2.95. The van der Waals surface area contributed by atoms with Crippen molar-refractivity contribution in [3.63, 3.8) is 0 Å². The van der Waals surface area contributed by atoms with E-state index in [1.165, 1.54) is 11.8 Å². The molecule has 2 unspecified atom stereocenters. The van der Waals surface area contributed by atoms with Gasteiger partial charge in [0.25, 0.3) is 5.91 Å². The van der Waals surface area contributed by atoms with Crippen LogP contribution < -0.4 is 21.3 Å². The second-order valence-electron chi connectivity index (χ2n) is 5.98. The molecule has 0 aromatic heterocycles. The van der Waals surface area contributed by atoms with Crippen LogP contribution in [0, 0.1) is 5.92 Å². The van der Waals surface area contributed by atoms with Crippen LogP contribution in [0.25, 0.3) is 0 Å². The lowest BCUT2D eigenvalue weighted by Crippen LogP contribution is -2.44. The van der Waals surface area contributed by atoms with Crippen molar-refractivity contribution in [1.82, 2.24) is 10.6 Å². The molecule has 1 fully saturated rings. The van der Waals surface area contributed by atoms with Gasteiger partial charge in [0.2, 0.25) is 5.91 Å². The Morgan fingerprint density at radius 1 is 1.23 bits per heavy atom. The van der Waals surface area contributed by atoms with Gasteiger partial charge in [-0.15, -0.1) is 11.8 Å². The molecule has 1 aromatic carbocycles. The molecule has 0 spiro atoms. The van der Waals surface area contributed by atoms with Crippen molar-refractivity contribution in [3.05, 3.63) is 23.8 Å². The predicted octanol–water partition coefficient (Wildman–Crippen LogP) is 1.61. The van der Waals surface area contributed by atoms with Crippen LogP contribution in [-0.2, 0) is 9.53 Å². The summed E-state index contributed by atoms with van der Waals surface area (Å²) >= 11 is 1.50. The Balaban J connectivity index is 1.62. The number of rotatable bonds is 4. The summed E-state index contributed by atoms with van der Waals surface area (Å²) in [6.45, 7) is 3.50. The Bertz CT molecular complexity index is 712. The Hall–Kier alpha value is -2.42. The minimum absolute atomic E-state index is 0.194. The number of hydrogen-bond donors (Lipinski definition) is 4. The van der Waals surface area contributed by atoms with Crippen LogP contribution in [0.5, 0.6) is 0 Å². The lowest BCUT2D eigenvalue weighted by molar-refractivity contribution is -0.124. The molecule has 2 heterocycles. The van der Waals surface area contributed by atoms with Crippen molar-refractivity contribution >= 4 is 41.0 Å². The maximum absolute atomic E-state index is 12.6. The van der Waals surface area contributed by atoms with Crippen LogP contribution in [0.1, 0.15) is 23.7 Å². The van der Waals surface area contributed by atoms with E-state index >= 15 is 0 Å². The maximum atomic E-state index is 12.6. The van der Waals surface area contributed by atoms with E-state index in [1.54, 1.807) is 19.1 Å². The number of carbonyl (C=O) groups is 3. The number of carbonyl (C=O) groups excluding carboxylic acids is 3. The van der Waals surface area contributed by atoms with Crippen molar-refractivity contribution in [2.45, 2.75) is 18.7 Å². The van der Waals surface area contributed by atoms with E-state index in [0.29, 0.717) is 12.0 Å². The number of imide groups is 1. The fraction of sp³-hybridized carbons (Fsp3) is 0.471. The second-order valence-corrected chi connectivity index (χ2v) is 7.23. The Morgan fingerprint density at radius 2 is 2.00 bits per heavy atom. The predicted molar refractivity (Wildman–Crippen MR) is 100 cm³/mol. The standard InChI is InChI=1S/C17H22N4O4S/c1-2-25-17(24)21-15(23)11-5-8-26-16(11)20-14(22)10-3-4-12-13(9-10)19-7-6-18-12/h3-4,9,11,16,18-19H,2,5-8H2,1H3,(H,20,22)(H,21,23,24). The molecule has 4 N–H and O–H groups in total. The average Bonchev–Trinajstić information content (AvgIpc) is 3.09. The number of hydrogen-bond acceptors (Lipinski definition) is 7. The zero-order valence-corrected chi connectivity index (χ0v) is 15.3. The van der Waals surface area contributed by atoms with Crippen molar-refractivity contribution in [3.8, 4) is 0 Å². The van der Waals surface area contributed by atoms with Crippen LogP contribution in [0.3, 0.4) is 0 Å². The largest absolute Gasteiger partial charge is 0.450 e. The number of fused-ring (bicyclic) bond motifs is 1. The molecule has 0 radical (unpaired) electrons. The van der Waals surface area contributed by atoms with E-state index in [9.17, 15) is 14.4 Å². The first kappa shape index (κ1) is 18.4. The molecule has 1 saturated heterocycles. The molecule has 3 amide bonds. The third kappa shape index (κ3) is 4.21. The van der Waals surface area contributed by atoms with E-state index in [-0.39, 0.29) is 17.9 Å². The summed E-state index contributed by atoms with van der Waals surface area (Å²) in [7, 11) is 0. The van der Waals surface area contributed by atoms with Gasteiger partial charge in [-0.25, -0.2) is 4.79 Å². The minimum atomic E-state index is -0.757. The number of benzene rings is 1. The van der Waals surface area contributed by atoms with Crippen LogP contribution in [0.15, 0.2) is 18.2 Å². The van der Waals surface area contributed by atoms with Gasteiger partial charge < -0.3 is 20.7 Å². The number of alkyl carbamates (subject to hydrolysis) is 1. The molecule has 9 heteroatoms. The smallest absolute Gasteiger partial charge is 0.413 e. The average molecular weight is 378 g/mol. The van der Waals surface area contributed by atoms with E-state index in [0.717, 1.165) is 30.2 Å². The van der Waals surface area contributed by atoms with E-state index < -0.39 is 17.9 Å². The summed E-state index contributed by atoms with van der Waals surface area (Å²) in [6.07, 6.45) is -0.163. The zero-order valence-electron chi connectivity index (χ0n) is 14.5. The van der Waals surface area contributed by atoms with Crippen LogP contribution in [0.4, 0.5) is 16.2 Å². The Kier molecular flexibility index (Phi) is 5.87. The highest BCUT2D eigenvalue weighted by Crippen LogP contribution is 2.31. The SMILES string of the molecule is CCOC(=O)NC(=O)C1CCSC1NC(=O)c1ccc2c(c1)NCCN2. The number of nitrogens with one attached hydrogen (secondary N) is 4. The van der Waals surface area contributed by atoms with Gasteiger partial charge in [0.05, 0.1) is 29.3 Å². The van der Waals surface area contributed by atoms with Crippen LogP contribution in [-0.4, -0.2) is 48.7 Å². The van der Waals surface area contributed by atoms with Crippen molar-refractivity contribution < 1.29 is 19.1 Å². The Labute approximate surface area is 155 Å². The first-order chi connectivity index (χ1) is 12.6. The normalized spacial score (nSPS) is 21.0. The fourth-order valence-corrected chi connectivity index (χ4v) is 4.28. The molecule has 0 saturated carbocycles. The Morgan fingerprint density at radius 3 is 2.77 bits per heavy atom. The number of amides is 3. The van der Waals surface area contributed by atoms with E-state index in [2.05, 4.69) is 21.3 Å². The second kappa shape index (κ2) is 8.31. The molecular weight excluding hydrogens is 356 g/mol. The number of anilines is 2. The van der Waals surface area contributed by atoms with E-state index in [1.807, 2.05) is 6.07 Å². The first-order valence-corrected chi connectivity index (χ1v) is 9.65. The van der Waals surface area contributed by atoms with Gasteiger partial charge in [-0.05, 0) is 37.3 Å². The van der Waals surface area contributed by atoms with E-state index in [4.69, 9.17) is 4.74 Å². The number of ether oxygens (including phenoxy) is 1. The molecule has 0 bridgehead atoms. The van der Waals surface area contributed by atoms with Gasteiger partial charge in [0.15, 0.2) is 0 Å². The van der Waals surface area contributed by atoms with Crippen molar-refractivity contribution in [2.24, 2.45) is 5.92 Å². The molecule has 0 aliphatic carbocycles. The van der Waals surface area contributed by atoms with Gasteiger partial charge in [0.1, 0.15) is 0 Å². The highest BCUT2D eigenvalue weighted by Gasteiger charge is 2.36. The van der Waals surface area contributed by atoms with Gasteiger partial charge in [-0.1, -0.05) is 0 Å². The molecule has 140 valence electrons. The molecule has 3 rings (SSSR count). The minimum Gasteiger partial charge on any atom is -0.450 e. The summed E-state index contributed by atoms with van der Waals surface area (Å²) in [5.41, 5.74) is 2.38. The molecule has 2 aliphatic rings. The summed E-state index contributed by atoms with van der Waals surface area (Å²) in [4.78, 5) is 36.3. The third-order valence-corrected chi connectivity index (χ3v) is 5.52. The van der Waals surface area contributed by atoms with Crippen LogP contribution in [0.2, 0.25) is 0 Å². The van der Waals surface area contributed by atoms with Gasteiger partial charge in [-0.3, -0.25) is 14.9 Å². The molecule has 1 aromatic rings. The summed E-state index contributed by atoms with van der Waals surface area (Å²) in [5.74, 6) is -0.393. The van der Waals surface area contributed by atoms with Gasteiger partial charge in [0, 0.05) is 18.7 Å². The molecule has 8 nitrogen and oxygen atoms in total. The quantitative estimate of drug-likeness (QED) is 0.630. The summed E-state index contributed by atoms with van der Waals surface area (Å²) in [5, 5.41) is 11.3. The molecule has 26 heavy (non-hydrogen) atoms. The highest BCUT2D eigenvalue weighted by atomic mass is 32.2.